The summed E-state index contributed by atoms with van der Waals surface area (Å²) in [5.74, 6) is -0.876. The Bertz CT molecular complexity index is 1250. The quantitative estimate of drug-likeness (QED) is 0.706. The van der Waals surface area contributed by atoms with Crippen LogP contribution < -0.4 is 5.73 Å². The van der Waals surface area contributed by atoms with Crippen LogP contribution in [-0.4, -0.2) is 39.7 Å². The van der Waals surface area contributed by atoms with Gasteiger partial charge in [-0.25, -0.2) is 14.2 Å². The summed E-state index contributed by atoms with van der Waals surface area (Å²) in [7, 11) is 0. The number of ether oxygens (including phenoxy) is 1. The van der Waals surface area contributed by atoms with Crippen LogP contribution in [0.5, 0.6) is 0 Å². The van der Waals surface area contributed by atoms with Gasteiger partial charge in [0.05, 0.1) is 16.9 Å². The molecule has 1 aromatic heterocycles. The van der Waals surface area contributed by atoms with E-state index in [0.29, 0.717) is 36.2 Å². The number of fused-ring (bicyclic) bond motifs is 4. The number of cyclic esters (lactones) is 1. The summed E-state index contributed by atoms with van der Waals surface area (Å²) < 4.78 is 19.8. The molecule has 1 aliphatic carbocycles. The lowest BCUT2D eigenvalue weighted by atomic mass is 9.83. The van der Waals surface area contributed by atoms with Crippen LogP contribution in [0.15, 0.2) is 23.3 Å². The second-order valence-corrected chi connectivity index (χ2v) is 8.71. The average molecular weight is 407 g/mol. The number of pyridine rings is 1. The first kappa shape index (κ1) is 18.0. The maximum absolute atomic E-state index is 14.5. The number of halogens is 1. The van der Waals surface area contributed by atoms with Gasteiger partial charge in [-0.05, 0) is 48.1 Å². The number of rotatable bonds is 1. The van der Waals surface area contributed by atoms with Crippen molar-refractivity contribution in [2.45, 2.75) is 44.9 Å². The molecule has 1 aromatic carbocycles. The predicted molar refractivity (Wildman–Crippen MR) is 109 cm³/mol. The van der Waals surface area contributed by atoms with E-state index in [1.165, 1.54) is 6.07 Å². The van der Waals surface area contributed by atoms with Gasteiger partial charge >= 0.3 is 5.97 Å². The first-order chi connectivity index (χ1) is 14.3. The third-order valence-corrected chi connectivity index (χ3v) is 7.19. The topological polar surface area (TPSA) is 88.7 Å². The minimum Gasteiger partial charge on any atom is -0.459 e. The van der Waals surface area contributed by atoms with E-state index in [-0.39, 0.29) is 24.9 Å². The van der Waals surface area contributed by atoms with Crippen LogP contribution in [0.1, 0.15) is 47.3 Å². The van der Waals surface area contributed by atoms with Crippen molar-refractivity contribution in [1.29, 1.82) is 0 Å². The zero-order chi connectivity index (χ0) is 20.9. The van der Waals surface area contributed by atoms with Crippen molar-refractivity contribution in [2.24, 2.45) is 5.73 Å². The van der Waals surface area contributed by atoms with Crippen molar-refractivity contribution in [2.75, 3.05) is 13.2 Å². The summed E-state index contributed by atoms with van der Waals surface area (Å²) in [6.07, 6.45) is 2.71. The van der Waals surface area contributed by atoms with E-state index in [1.54, 1.807) is 13.8 Å². The monoisotopic (exact) mass is 407 g/mol. The molecule has 4 aliphatic rings. The number of carbonyl (C=O) groups is 1. The lowest BCUT2D eigenvalue weighted by molar-refractivity contribution is -0.163. The molecule has 30 heavy (non-hydrogen) atoms. The van der Waals surface area contributed by atoms with Gasteiger partial charge in [-0.2, -0.15) is 0 Å². The molecule has 0 radical (unpaired) electrons. The molecule has 0 spiro atoms. The molecule has 2 atom stereocenters. The van der Waals surface area contributed by atoms with E-state index >= 15 is 0 Å². The minimum atomic E-state index is -1.64. The van der Waals surface area contributed by atoms with Crippen molar-refractivity contribution in [3.05, 3.63) is 57.1 Å². The number of hydrogen-bond acceptors (Lipinski definition) is 6. The number of aliphatic hydroxyl groups is 1. The molecular weight excluding hydrogens is 385 g/mol. The Morgan fingerprint density at radius 1 is 1.40 bits per heavy atom. The highest BCUT2D eigenvalue weighted by Gasteiger charge is 2.47. The summed E-state index contributed by atoms with van der Waals surface area (Å²) in [5, 5.41) is 12.0. The summed E-state index contributed by atoms with van der Waals surface area (Å²) in [4.78, 5) is 19.3. The Morgan fingerprint density at radius 2 is 2.20 bits per heavy atom. The van der Waals surface area contributed by atoms with E-state index in [1.807, 2.05) is 6.08 Å². The van der Waals surface area contributed by atoms with Gasteiger partial charge in [-0.15, -0.1) is 0 Å². The molecular formula is C23H22FN3O3. The highest BCUT2D eigenvalue weighted by atomic mass is 19.1. The van der Waals surface area contributed by atoms with Crippen molar-refractivity contribution in [3.8, 4) is 0 Å². The van der Waals surface area contributed by atoms with Gasteiger partial charge in [0.1, 0.15) is 12.4 Å². The lowest BCUT2D eigenvalue weighted by Gasteiger charge is -2.37. The first-order valence-electron chi connectivity index (χ1n) is 10.3. The summed E-state index contributed by atoms with van der Waals surface area (Å²) in [6, 6.07) is 1.30. The van der Waals surface area contributed by atoms with Gasteiger partial charge in [0.2, 0.25) is 0 Å². The fraction of sp³-hybridized carbons (Fsp3) is 0.391. The Hall–Kier alpha value is -2.77. The van der Waals surface area contributed by atoms with Crippen molar-refractivity contribution >= 4 is 22.6 Å². The van der Waals surface area contributed by atoms with Crippen LogP contribution in [0.3, 0.4) is 0 Å². The van der Waals surface area contributed by atoms with Gasteiger partial charge in [0.25, 0.3) is 0 Å². The molecule has 6 rings (SSSR count). The number of carbonyl (C=O) groups excluding carboxylic acids is 1. The second-order valence-electron chi connectivity index (χ2n) is 8.71. The SMILES string of the molecule is CC[C@@]1(O)C(=O)OCC2=C1C=C1c3nc4cc(F)c(C)c5c4c(c3CN1C2)C(N)C5. The second kappa shape index (κ2) is 5.68. The van der Waals surface area contributed by atoms with Crippen LogP contribution in [0.25, 0.3) is 16.6 Å². The molecule has 0 saturated carbocycles. The molecule has 0 saturated heterocycles. The van der Waals surface area contributed by atoms with Gasteiger partial charge in [0.15, 0.2) is 5.60 Å². The number of nitrogens with zero attached hydrogens (tertiary/aromatic N) is 2. The fourth-order valence-electron chi connectivity index (χ4n) is 5.53. The van der Waals surface area contributed by atoms with Crippen LogP contribution >= 0.6 is 0 Å². The minimum absolute atomic E-state index is 0.184. The molecule has 1 unspecified atom stereocenters. The van der Waals surface area contributed by atoms with Gasteiger partial charge in [-0.1, -0.05) is 6.92 Å². The first-order valence-corrected chi connectivity index (χ1v) is 10.3. The van der Waals surface area contributed by atoms with E-state index in [0.717, 1.165) is 39.0 Å². The molecule has 154 valence electrons. The largest absolute Gasteiger partial charge is 0.459 e. The van der Waals surface area contributed by atoms with Crippen LogP contribution in [0, 0.1) is 12.7 Å². The van der Waals surface area contributed by atoms with Gasteiger partial charge in [0, 0.05) is 41.7 Å². The molecule has 0 bridgehead atoms. The normalized spacial score (nSPS) is 26.6. The summed E-state index contributed by atoms with van der Waals surface area (Å²) in [6.45, 7) is 4.95. The van der Waals surface area contributed by atoms with Crippen molar-refractivity contribution < 1.29 is 19.0 Å². The number of nitrogens with two attached hydrogens (primary N) is 1. The molecule has 0 fully saturated rings. The molecule has 3 aliphatic heterocycles. The summed E-state index contributed by atoms with van der Waals surface area (Å²) >= 11 is 0. The molecule has 6 nitrogen and oxygen atoms in total. The molecule has 2 aromatic rings. The zero-order valence-electron chi connectivity index (χ0n) is 16.9. The molecule has 0 amide bonds. The Morgan fingerprint density at radius 3 is 2.97 bits per heavy atom. The fourth-order valence-corrected chi connectivity index (χ4v) is 5.53. The van der Waals surface area contributed by atoms with E-state index in [2.05, 4.69) is 4.90 Å². The van der Waals surface area contributed by atoms with Crippen LogP contribution in [-0.2, 0) is 22.5 Å². The average Bonchev–Trinajstić information content (AvgIpc) is 3.26. The molecule has 3 N–H and O–H groups in total. The van der Waals surface area contributed by atoms with Crippen LogP contribution in [0.2, 0.25) is 0 Å². The number of esters is 1. The maximum atomic E-state index is 14.5. The van der Waals surface area contributed by atoms with Crippen molar-refractivity contribution in [1.82, 2.24) is 9.88 Å². The van der Waals surface area contributed by atoms with E-state index in [9.17, 15) is 14.3 Å². The summed E-state index contributed by atoms with van der Waals surface area (Å²) in [5.41, 5.74) is 12.4. The zero-order valence-corrected chi connectivity index (χ0v) is 16.9. The maximum Gasteiger partial charge on any atom is 0.343 e. The molecule has 4 heterocycles. The lowest BCUT2D eigenvalue weighted by Crippen LogP contribution is -2.47. The van der Waals surface area contributed by atoms with Gasteiger partial charge < -0.3 is 20.5 Å². The number of aromatic nitrogens is 1. The smallest absolute Gasteiger partial charge is 0.343 e. The Labute approximate surface area is 172 Å². The standard InChI is InChI=1S/C23H22FN3O3/c1-3-23(29)14-5-18-21-13(8-27(18)7-11(14)9-30-22(23)28)19-16(25)4-12-10(2)15(24)6-17(26-21)20(12)19/h5-6,16,29H,3-4,7-9,25H2,1-2H3/t16?,23-/m0/s1. The third-order valence-electron chi connectivity index (χ3n) is 7.19. The third kappa shape index (κ3) is 2.04. The van der Waals surface area contributed by atoms with E-state index in [4.69, 9.17) is 15.5 Å². The highest BCUT2D eigenvalue weighted by Crippen LogP contribution is 2.48. The Kier molecular flexibility index (Phi) is 3.41. The highest BCUT2D eigenvalue weighted by molar-refractivity contribution is 5.95. The Balaban J connectivity index is 1.60. The van der Waals surface area contributed by atoms with Crippen LogP contribution in [0.4, 0.5) is 4.39 Å². The van der Waals surface area contributed by atoms with Crippen molar-refractivity contribution in [3.63, 3.8) is 0 Å². The molecule has 7 heteroatoms. The number of benzene rings is 1. The van der Waals surface area contributed by atoms with E-state index < -0.39 is 11.6 Å². The predicted octanol–water partition coefficient (Wildman–Crippen LogP) is 2.40. The van der Waals surface area contributed by atoms with Gasteiger partial charge in [-0.3, -0.25) is 0 Å². The number of hydrogen-bond donors (Lipinski definition) is 2.